The van der Waals surface area contributed by atoms with E-state index >= 15 is 0 Å². The number of hydrogen-bond donors (Lipinski definition) is 3. The molecule has 144 valence electrons. The fourth-order valence-corrected chi connectivity index (χ4v) is 4.64. The average Bonchev–Trinajstić information content (AvgIpc) is 2.79. The molecule has 5 aromatic rings. The van der Waals surface area contributed by atoms with E-state index in [1.165, 1.54) is 0 Å². The zero-order valence-corrected chi connectivity index (χ0v) is 15.9. The number of pyridine rings is 2. The minimum atomic E-state index is -0.204. The van der Waals surface area contributed by atoms with Crippen LogP contribution in [0, 0.1) is 0 Å². The molecule has 0 bridgehead atoms. The van der Waals surface area contributed by atoms with Gasteiger partial charge in [0.15, 0.2) is 0 Å². The summed E-state index contributed by atoms with van der Waals surface area (Å²) in [6.07, 6.45) is 0. The molecule has 2 aromatic heterocycles. The second-order valence-corrected chi connectivity index (χ2v) is 7.55. The molecule has 6 rings (SSSR count). The van der Waals surface area contributed by atoms with Gasteiger partial charge >= 0.3 is 0 Å². The molecule has 30 heavy (non-hydrogen) atoms. The lowest BCUT2D eigenvalue weighted by atomic mass is 9.79. The van der Waals surface area contributed by atoms with Crippen LogP contribution in [-0.2, 0) is 0 Å². The monoisotopic (exact) mass is 391 g/mol. The first-order valence-corrected chi connectivity index (χ1v) is 9.84. The number of para-hydroxylation sites is 1. The van der Waals surface area contributed by atoms with Gasteiger partial charge in [-0.1, -0.05) is 66.7 Å². The van der Waals surface area contributed by atoms with E-state index in [4.69, 9.17) is 0 Å². The van der Waals surface area contributed by atoms with Gasteiger partial charge in [0.2, 0.25) is 0 Å². The molecule has 3 heterocycles. The number of nitrogens with one attached hydrogen (secondary N) is 3. The highest BCUT2D eigenvalue weighted by atomic mass is 16.1. The Bertz CT molecular complexity index is 1570. The first-order valence-electron chi connectivity index (χ1n) is 9.84. The Hall–Kier alpha value is -4.12. The van der Waals surface area contributed by atoms with Crippen LogP contribution in [0.15, 0.2) is 88.5 Å². The molecular weight excluding hydrogens is 374 g/mol. The van der Waals surface area contributed by atoms with Crippen molar-refractivity contribution in [1.82, 2.24) is 9.97 Å². The van der Waals surface area contributed by atoms with Crippen molar-refractivity contribution in [2.75, 3.05) is 5.32 Å². The summed E-state index contributed by atoms with van der Waals surface area (Å²) < 4.78 is 0. The molecule has 0 radical (unpaired) electrons. The molecule has 5 nitrogen and oxygen atoms in total. The molecular formula is C25H17N3O2. The van der Waals surface area contributed by atoms with Gasteiger partial charge in [0.1, 0.15) is 11.5 Å². The minimum absolute atomic E-state index is 0.177. The summed E-state index contributed by atoms with van der Waals surface area (Å²) in [7, 11) is 0. The van der Waals surface area contributed by atoms with Crippen molar-refractivity contribution in [2.45, 2.75) is 5.92 Å². The van der Waals surface area contributed by atoms with E-state index in [9.17, 15) is 9.59 Å². The fourth-order valence-electron chi connectivity index (χ4n) is 4.64. The molecule has 0 aliphatic carbocycles. The SMILES string of the molecule is O=c1[nH]c2ccccc2c2c1Nc1[nH]c(=O)c3ccccc3c1[C@@H]2c1ccccc1. The Labute approximate surface area is 171 Å². The highest BCUT2D eigenvalue weighted by molar-refractivity contribution is 5.97. The Morgan fingerprint density at radius 2 is 1.27 bits per heavy atom. The van der Waals surface area contributed by atoms with Crippen LogP contribution in [0.3, 0.4) is 0 Å². The number of hydrogen-bond acceptors (Lipinski definition) is 3. The highest BCUT2D eigenvalue weighted by Gasteiger charge is 2.33. The Kier molecular flexibility index (Phi) is 3.47. The molecule has 5 heteroatoms. The smallest absolute Gasteiger partial charge is 0.272 e. The van der Waals surface area contributed by atoms with Crippen molar-refractivity contribution < 1.29 is 0 Å². The maximum Gasteiger partial charge on any atom is 0.272 e. The summed E-state index contributed by atoms with van der Waals surface area (Å²) in [5.41, 5.74) is 3.84. The van der Waals surface area contributed by atoms with Crippen molar-refractivity contribution in [3.63, 3.8) is 0 Å². The van der Waals surface area contributed by atoms with E-state index < -0.39 is 0 Å². The summed E-state index contributed by atoms with van der Waals surface area (Å²) in [6.45, 7) is 0. The van der Waals surface area contributed by atoms with Gasteiger partial charge in [-0.25, -0.2) is 0 Å². The Morgan fingerprint density at radius 3 is 2.07 bits per heavy atom. The molecule has 1 aliphatic rings. The van der Waals surface area contributed by atoms with E-state index in [1.807, 2.05) is 66.7 Å². The topological polar surface area (TPSA) is 77.8 Å². The van der Waals surface area contributed by atoms with E-state index in [0.29, 0.717) is 16.9 Å². The van der Waals surface area contributed by atoms with Crippen molar-refractivity contribution in [3.05, 3.63) is 116 Å². The predicted octanol–water partition coefficient (Wildman–Crippen LogP) is 4.61. The Morgan fingerprint density at radius 1 is 0.600 bits per heavy atom. The lowest BCUT2D eigenvalue weighted by molar-refractivity contribution is 0.959. The van der Waals surface area contributed by atoms with Gasteiger partial charge in [-0.2, -0.15) is 0 Å². The van der Waals surface area contributed by atoms with Gasteiger partial charge in [0.25, 0.3) is 11.1 Å². The van der Waals surface area contributed by atoms with Crippen LogP contribution < -0.4 is 16.4 Å². The van der Waals surface area contributed by atoms with Gasteiger partial charge < -0.3 is 15.3 Å². The van der Waals surface area contributed by atoms with Gasteiger partial charge in [-0.05, 0) is 23.1 Å². The number of benzene rings is 3. The molecule has 0 spiro atoms. The van der Waals surface area contributed by atoms with Crippen LogP contribution in [-0.4, -0.2) is 9.97 Å². The standard InChI is InChI=1S/C25H17N3O2/c29-24-16-11-5-4-10-15(16)21-19(14-8-2-1-3-9-14)20-17-12-6-7-13-18(17)26-25(30)22(20)27-23(21)28-24/h1-13,19H,(H,26,30)(H2,27,28,29)/t19-/m1/s1. The Balaban J connectivity index is 1.82. The van der Waals surface area contributed by atoms with Gasteiger partial charge in [-0.15, -0.1) is 0 Å². The van der Waals surface area contributed by atoms with Crippen LogP contribution in [0.5, 0.6) is 0 Å². The van der Waals surface area contributed by atoms with Crippen LogP contribution >= 0.6 is 0 Å². The van der Waals surface area contributed by atoms with Crippen LogP contribution in [0.1, 0.15) is 22.6 Å². The minimum Gasteiger partial charge on any atom is -0.337 e. The third kappa shape index (κ3) is 2.29. The van der Waals surface area contributed by atoms with E-state index in [-0.39, 0.29) is 17.0 Å². The summed E-state index contributed by atoms with van der Waals surface area (Å²) in [5, 5.41) is 5.73. The van der Waals surface area contributed by atoms with Gasteiger partial charge in [0, 0.05) is 33.3 Å². The lowest BCUT2D eigenvalue weighted by Gasteiger charge is -2.31. The second kappa shape index (κ2) is 6.19. The molecule has 0 unspecified atom stereocenters. The molecule has 1 aliphatic heterocycles. The number of aromatic amines is 2. The third-order valence-corrected chi connectivity index (χ3v) is 5.89. The first-order chi connectivity index (χ1) is 14.7. The lowest BCUT2D eigenvalue weighted by Crippen LogP contribution is -2.26. The zero-order valence-electron chi connectivity index (χ0n) is 15.9. The molecule has 0 fully saturated rings. The van der Waals surface area contributed by atoms with Crippen molar-refractivity contribution in [2.24, 2.45) is 0 Å². The average molecular weight is 391 g/mol. The zero-order chi connectivity index (χ0) is 20.2. The predicted molar refractivity (Wildman–Crippen MR) is 120 cm³/mol. The molecule has 0 saturated carbocycles. The fraction of sp³-hybridized carbons (Fsp3) is 0.0400. The van der Waals surface area contributed by atoms with E-state index in [2.05, 4.69) is 27.4 Å². The molecule has 3 N–H and O–H groups in total. The maximum absolute atomic E-state index is 13.0. The summed E-state index contributed by atoms with van der Waals surface area (Å²) in [5.74, 6) is 0.368. The number of fused-ring (bicyclic) bond motifs is 6. The highest BCUT2D eigenvalue weighted by Crippen LogP contribution is 2.47. The molecule has 3 aromatic carbocycles. The third-order valence-electron chi connectivity index (χ3n) is 5.89. The van der Waals surface area contributed by atoms with Gasteiger partial charge in [-0.3, -0.25) is 9.59 Å². The maximum atomic E-state index is 13.0. The number of H-pyrrole nitrogens is 2. The number of rotatable bonds is 1. The molecule has 1 atom stereocenters. The van der Waals surface area contributed by atoms with E-state index in [0.717, 1.165) is 33.0 Å². The number of anilines is 2. The van der Waals surface area contributed by atoms with Crippen molar-refractivity contribution in [1.29, 1.82) is 0 Å². The van der Waals surface area contributed by atoms with Crippen LogP contribution in [0.2, 0.25) is 0 Å². The summed E-state index contributed by atoms with van der Waals surface area (Å²) in [4.78, 5) is 31.7. The van der Waals surface area contributed by atoms with E-state index in [1.54, 1.807) is 0 Å². The van der Waals surface area contributed by atoms with Crippen molar-refractivity contribution >= 4 is 33.2 Å². The molecule has 0 amide bonds. The quantitative estimate of drug-likeness (QED) is 0.383. The number of aromatic nitrogens is 2. The van der Waals surface area contributed by atoms with Crippen LogP contribution in [0.25, 0.3) is 21.7 Å². The van der Waals surface area contributed by atoms with Gasteiger partial charge in [0.05, 0.1) is 0 Å². The first kappa shape index (κ1) is 16.8. The summed E-state index contributed by atoms with van der Waals surface area (Å²) >= 11 is 0. The largest absolute Gasteiger partial charge is 0.337 e. The normalized spacial score (nSPS) is 14.9. The molecule has 0 saturated heterocycles. The second-order valence-electron chi connectivity index (χ2n) is 7.55. The van der Waals surface area contributed by atoms with Crippen molar-refractivity contribution in [3.8, 4) is 0 Å². The summed E-state index contributed by atoms with van der Waals surface area (Å²) in [6, 6.07) is 25.6. The van der Waals surface area contributed by atoms with Crippen LogP contribution in [0.4, 0.5) is 11.5 Å².